The molecule has 1 heterocycles. The van der Waals surface area contributed by atoms with E-state index in [9.17, 15) is 13.2 Å². The topological polar surface area (TPSA) is 34.1 Å². The Hall–Kier alpha value is -2.76. The lowest BCUT2D eigenvalue weighted by molar-refractivity contribution is -0.274. The molecule has 0 aliphatic carbocycles. The van der Waals surface area contributed by atoms with Crippen molar-refractivity contribution in [2.24, 2.45) is 0 Å². The molecule has 1 N–H and O–H groups in total. The minimum absolute atomic E-state index is 0.251. The molecule has 3 nitrogen and oxygen atoms in total. The average Bonchev–Trinajstić information content (AvgIpc) is 2.47. The van der Waals surface area contributed by atoms with Crippen LogP contribution in [0.2, 0.25) is 0 Å². The van der Waals surface area contributed by atoms with Crippen LogP contribution in [0.4, 0.5) is 24.5 Å². The normalized spacial score (nSPS) is 11.5. The number of hydrogen-bond donors (Lipinski definition) is 1. The fraction of sp³-hybridized carbons (Fsp3) is 0.118. The minimum Gasteiger partial charge on any atom is -0.406 e. The summed E-state index contributed by atoms with van der Waals surface area (Å²) in [5.74, 6) is -0.251. The summed E-state index contributed by atoms with van der Waals surface area (Å²) in [7, 11) is 0. The van der Waals surface area contributed by atoms with E-state index in [0.717, 1.165) is 22.3 Å². The second-order valence-corrected chi connectivity index (χ2v) is 5.03. The van der Waals surface area contributed by atoms with Crippen molar-refractivity contribution in [2.75, 3.05) is 5.32 Å². The van der Waals surface area contributed by atoms with Gasteiger partial charge >= 0.3 is 6.36 Å². The van der Waals surface area contributed by atoms with Gasteiger partial charge in [-0.2, -0.15) is 0 Å². The van der Waals surface area contributed by atoms with E-state index in [1.165, 1.54) is 24.3 Å². The monoisotopic (exact) mass is 318 g/mol. The molecule has 0 unspecified atom stereocenters. The van der Waals surface area contributed by atoms with Gasteiger partial charge in [0.1, 0.15) is 5.75 Å². The Labute approximate surface area is 130 Å². The highest BCUT2D eigenvalue weighted by molar-refractivity contribution is 5.93. The Morgan fingerprint density at radius 1 is 1.00 bits per heavy atom. The number of nitrogens with zero attached hydrogens (tertiary/aromatic N) is 1. The number of ether oxygens (including phenoxy) is 1. The van der Waals surface area contributed by atoms with E-state index in [-0.39, 0.29) is 5.75 Å². The van der Waals surface area contributed by atoms with Crippen molar-refractivity contribution >= 4 is 22.3 Å². The predicted molar refractivity (Wildman–Crippen MR) is 82.9 cm³/mol. The average molecular weight is 318 g/mol. The van der Waals surface area contributed by atoms with Gasteiger partial charge in [0.2, 0.25) is 0 Å². The zero-order chi connectivity index (χ0) is 16.4. The van der Waals surface area contributed by atoms with Crippen molar-refractivity contribution < 1.29 is 17.9 Å². The van der Waals surface area contributed by atoms with Gasteiger partial charge in [-0.3, -0.25) is 4.98 Å². The quantitative estimate of drug-likeness (QED) is 0.722. The number of aromatic nitrogens is 1. The van der Waals surface area contributed by atoms with E-state index in [0.29, 0.717) is 5.69 Å². The van der Waals surface area contributed by atoms with Gasteiger partial charge in [0.25, 0.3) is 0 Å². The third-order valence-electron chi connectivity index (χ3n) is 3.21. The van der Waals surface area contributed by atoms with E-state index in [2.05, 4.69) is 15.0 Å². The minimum atomic E-state index is -4.69. The first-order chi connectivity index (χ1) is 10.9. The first-order valence-corrected chi connectivity index (χ1v) is 6.90. The van der Waals surface area contributed by atoms with Crippen LogP contribution < -0.4 is 10.1 Å². The van der Waals surface area contributed by atoms with Gasteiger partial charge in [0.05, 0.1) is 5.52 Å². The van der Waals surface area contributed by atoms with Crippen molar-refractivity contribution in [3.8, 4) is 5.75 Å². The summed E-state index contributed by atoms with van der Waals surface area (Å²) in [6, 6.07) is 15.2. The third-order valence-corrected chi connectivity index (χ3v) is 3.21. The van der Waals surface area contributed by atoms with E-state index >= 15 is 0 Å². The number of benzene rings is 2. The number of pyridine rings is 1. The van der Waals surface area contributed by atoms with Crippen LogP contribution in [0, 0.1) is 6.92 Å². The summed E-state index contributed by atoms with van der Waals surface area (Å²) in [5, 5.41) is 4.14. The highest BCUT2D eigenvalue weighted by Crippen LogP contribution is 2.28. The predicted octanol–water partition coefficient (Wildman–Crippen LogP) is 5.19. The maximum Gasteiger partial charge on any atom is 0.573 e. The van der Waals surface area contributed by atoms with Crippen LogP contribution in [0.1, 0.15) is 5.69 Å². The maximum atomic E-state index is 12.2. The smallest absolute Gasteiger partial charge is 0.406 e. The van der Waals surface area contributed by atoms with Crippen LogP contribution in [-0.2, 0) is 0 Å². The lowest BCUT2D eigenvalue weighted by Gasteiger charge is -2.12. The molecule has 118 valence electrons. The van der Waals surface area contributed by atoms with Gasteiger partial charge < -0.3 is 10.1 Å². The lowest BCUT2D eigenvalue weighted by Crippen LogP contribution is -2.16. The summed E-state index contributed by atoms with van der Waals surface area (Å²) in [4.78, 5) is 4.45. The number of aryl methyl sites for hydroxylation is 1. The number of anilines is 2. The van der Waals surface area contributed by atoms with Crippen molar-refractivity contribution in [3.05, 3.63) is 60.3 Å². The summed E-state index contributed by atoms with van der Waals surface area (Å²) >= 11 is 0. The number of para-hydroxylation sites is 1. The molecule has 23 heavy (non-hydrogen) atoms. The second-order valence-electron chi connectivity index (χ2n) is 5.03. The molecule has 2 aromatic carbocycles. The fourth-order valence-electron chi connectivity index (χ4n) is 2.31. The van der Waals surface area contributed by atoms with Crippen molar-refractivity contribution in [1.82, 2.24) is 4.98 Å². The van der Waals surface area contributed by atoms with Crippen molar-refractivity contribution in [3.63, 3.8) is 0 Å². The molecule has 0 spiro atoms. The summed E-state index contributed by atoms with van der Waals surface area (Å²) in [6.45, 7) is 1.89. The molecule has 3 aromatic rings. The van der Waals surface area contributed by atoms with Crippen LogP contribution in [0.3, 0.4) is 0 Å². The van der Waals surface area contributed by atoms with Crippen LogP contribution >= 0.6 is 0 Å². The molecule has 0 atom stereocenters. The Bertz CT molecular complexity index is 829. The van der Waals surface area contributed by atoms with Crippen LogP contribution in [0.15, 0.2) is 54.6 Å². The number of halogens is 3. The summed E-state index contributed by atoms with van der Waals surface area (Å²) < 4.78 is 40.3. The highest BCUT2D eigenvalue weighted by atomic mass is 19.4. The summed E-state index contributed by atoms with van der Waals surface area (Å²) in [5.41, 5.74) is 3.21. The van der Waals surface area contributed by atoms with Gasteiger partial charge in [-0.1, -0.05) is 18.2 Å². The van der Waals surface area contributed by atoms with Gasteiger partial charge in [0, 0.05) is 22.5 Å². The zero-order valence-electron chi connectivity index (χ0n) is 12.2. The molecular formula is C17H13F3N2O. The molecule has 0 aliphatic heterocycles. The molecule has 6 heteroatoms. The van der Waals surface area contributed by atoms with E-state index in [1.807, 2.05) is 37.3 Å². The van der Waals surface area contributed by atoms with Gasteiger partial charge in [-0.05, 0) is 43.3 Å². The van der Waals surface area contributed by atoms with Crippen LogP contribution in [0.25, 0.3) is 10.9 Å². The Balaban J connectivity index is 1.88. The van der Waals surface area contributed by atoms with Gasteiger partial charge in [-0.25, -0.2) is 0 Å². The molecule has 0 fully saturated rings. The molecule has 0 radical (unpaired) electrons. The largest absolute Gasteiger partial charge is 0.573 e. The molecule has 3 rings (SSSR count). The number of hydrogen-bond acceptors (Lipinski definition) is 3. The number of rotatable bonds is 3. The SMILES string of the molecule is Cc1cc(Nc2ccc(OC(F)(F)F)cc2)c2ccccc2n1. The number of fused-ring (bicyclic) bond motifs is 1. The molecule has 0 saturated carbocycles. The summed E-state index contributed by atoms with van der Waals surface area (Å²) in [6.07, 6.45) is -4.69. The highest BCUT2D eigenvalue weighted by Gasteiger charge is 2.30. The standard InChI is InChI=1S/C17H13F3N2O/c1-11-10-16(14-4-2-3-5-15(14)21-11)22-12-6-8-13(9-7-12)23-17(18,19)20/h2-10H,1H3,(H,21,22). The molecule has 0 amide bonds. The zero-order valence-corrected chi connectivity index (χ0v) is 12.2. The van der Waals surface area contributed by atoms with E-state index < -0.39 is 6.36 Å². The molecular weight excluding hydrogens is 305 g/mol. The number of alkyl halides is 3. The molecule has 0 bridgehead atoms. The van der Waals surface area contributed by atoms with Crippen LogP contribution in [0.5, 0.6) is 5.75 Å². The fourth-order valence-corrected chi connectivity index (χ4v) is 2.31. The molecule has 0 saturated heterocycles. The van der Waals surface area contributed by atoms with Crippen molar-refractivity contribution in [2.45, 2.75) is 13.3 Å². The molecule has 0 aliphatic rings. The van der Waals surface area contributed by atoms with Gasteiger partial charge in [-0.15, -0.1) is 13.2 Å². The second kappa shape index (κ2) is 5.79. The third kappa shape index (κ3) is 3.71. The number of nitrogens with one attached hydrogen (secondary N) is 1. The lowest BCUT2D eigenvalue weighted by atomic mass is 10.1. The molecule has 1 aromatic heterocycles. The maximum absolute atomic E-state index is 12.2. The first-order valence-electron chi connectivity index (χ1n) is 6.90. The Kier molecular flexibility index (Phi) is 3.82. The van der Waals surface area contributed by atoms with E-state index in [1.54, 1.807) is 0 Å². The van der Waals surface area contributed by atoms with E-state index in [4.69, 9.17) is 0 Å². The van der Waals surface area contributed by atoms with Gasteiger partial charge in [0.15, 0.2) is 0 Å². The first kappa shape index (κ1) is 15.1. The van der Waals surface area contributed by atoms with Crippen LogP contribution in [-0.4, -0.2) is 11.3 Å². The van der Waals surface area contributed by atoms with Crippen molar-refractivity contribution in [1.29, 1.82) is 0 Å². The Morgan fingerprint density at radius 2 is 1.70 bits per heavy atom. The Morgan fingerprint density at radius 3 is 2.39 bits per heavy atom.